The fraction of sp³-hybridized carbons (Fsp3) is 0.667. The number of nitrogens with zero attached hydrogens (tertiary/aromatic N) is 3. The van der Waals surface area contributed by atoms with Gasteiger partial charge >= 0.3 is 12.2 Å². The largest absolute Gasteiger partial charge is 0.470 e. The fourth-order valence-corrected chi connectivity index (χ4v) is 7.61. The van der Waals surface area contributed by atoms with E-state index >= 15 is 0 Å². The molecular weight excluding hydrogens is 716 g/mol. The van der Waals surface area contributed by atoms with Gasteiger partial charge in [-0.2, -0.15) is 0 Å². The Morgan fingerprint density at radius 2 is 1.20 bits per heavy atom. The van der Waals surface area contributed by atoms with Crippen LogP contribution in [0.2, 0.25) is 0 Å². The lowest BCUT2D eigenvalue weighted by Crippen LogP contribution is -2.54. The first-order valence-electron chi connectivity index (χ1n) is 19.5. The quantitative estimate of drug-likeness (QED) is 0.178. The van der Waals surface area contributed by atoms with Gasteiger partial charge in [0.15, 0.2) is 0 Å². The molecule has 1 aliphatic carbocycles. The summed E-state index contributed by atoms with van der Waals surface area (Å²) in [6.45, 7) is 24.5. The van der Waals surface area contributed by atoms with E-state index in [1.165, 1.54) is 0 Å². The number of carbonyl (C=O) groups excluding carboxylic acids is 3. The summed E-state index contributed by atoms with van der Waals surface area (Å²) in [7, 11) is 0. The third-order valence-electron chi connectivity index (χ3n) is 9.54. The van der Waals surface area contributed by atoms with E-state index < -0.39 is 34.6 Å². The maximum Gasteiger partial charge on any atom is 0.408 e. The normalized spacial score (nSPS) is 24.2. The topological polar surface area (TPSA) is 183 Å². The van der Waals surface area contributed by atoms with Crippen molar-refractivity contribution >= 4 is 23.8 Å². The highest BCUT2D eigenvalue weighted by Crippen LogP contribution is 2.48. The van der Waals surface area contributed by atoms with Gasteiger partial charge in [0.1, 0.15) is 22.4 Å². The molecular formula is C42H62N6O8. The summed E-state index contributed by atoms with van der Waals surface area (Å²) in [6.07, 6.45) is 6.82. The number of amides is 3. The molecule has 2 aromatic rings. The van der Waals surface area contributed by atoms with Gasteiger partial charge in [-0.25, -0.2) is 19.6 Å². The number of hydrogen-bond acceptors (Lipinski definition) is 11. The molecule has 0 radical (unpaired) electrons. The summed E-state index contributed by atoms with van der Waals surface area (Å²) in [5.41, 5.74) is 2.48. The van der Waals surface area contributed by atoms with Crippen LogP contribution in [0.3, 0.4) is 0 Å². The van der Waals surface area contributed by atoms with Gasteiger partial charge in [0, 0.05) is 49.2 Å². The predicted octanol–water partition coefficient (Wildman–Crippen LogP) is 7.66. The van der Waals surface area contributed by atoms with E-state index in [-0.39, 0.29) is 35.2 Å². The molecule has 2 fully saturated rings. The Labute approximate surface area is 331 Å². The minimum atomic E-state index is -0.692. The van der Waals surface area contributed by atoms with Crippen LogP contribution in [0.5, 0.6) is 11.8 Å². The predicted molar refractivity (Wildman–Crippen MR) is 211 cm³/mol. The Hall–Kier alpha value is -4.62. The van der Waals surface area contributed by atoms with Gasteiger partial charge in [0.05, 0.1) is 30.8 Å². The minimum Gasteiger partial charge on any atom is -0.470 e. The zero-order valence-corrected chi connectivity index (χ0v) is 35.3. The highest BCUT2D eigenvalue weighted by atomic mass is 16.6. The molecule has 4 N–H and O–H groups in total. The summed E-state index contributed by atoms with van der Waals surface area (Å²) >= 11 is 0. The SMILES string of the molecule is CC(C)(C)Cc1cnc2c(c1)[C@@H](NC(=O)OC(C)(C)C)CC1(CC(=NO)C1)O2.CC(C)(C)Cc1cnc2c(c1)[C@@H](NC(=O)OC(C)(C)C)CC1(CNC(=O)C1)O2. The molecule has 0 aromatic carbocycles. The maximum atomic E-state index is 12.4. The van der Waals surface area contributed by atoms with Crippen LogP contribution in [0.4, 0.5) is 9.59 Å². The molecule has 1 saturated heterocycles. The molecule has 0 bridgehead atoms. The molecule has 4 aliphatic rings. The molecule has 2 aromatic heterocycles. The van der Waals surface area contributed by atoms with Crippen LogP contribution in [-0.2, 0) is 27.1 Å². The van der Waals surface area contributed by atoms with Crippen molar-refractivity contribution in [2.45, 2.75) is 163 Å². The van der Waals surface area contributed by atoms with E-state index in [9.17, 15) is 14.4 Å². The summed E-state index contributed by atoms with van der Waals surface area (Å²) < 4.78 is 23.3. The lowest BCUT2D eigenvalue weighted by molar-refractivity contribution is -0.120. The first-order valence-corrected chi connectivity index (χ1v) is 19.5. The smallest absolute Gasteiger partial charge is 0.408 e. The van der Waals surface area contributed by atoms with Crippen LogP contribution < -0.4 is 25.4 Å². The number of oxime groups is 1. The van der Waals surface area contributed by atoms with E-state index in [4.69, 9.17) is 24.2 Å². The van der Waals surface area contributed by atoms with E-state index in [0.29, 0.717) is 49.7 Å². The first kappa shape index (κ1) is 42.5. The van der Waals surface area contributed by atoms with Gasteiger partial charge in [-0.05, 0) is 88.5 Å². The molecule has 1 unspecified atom stereocenters. The molecule has 308 valence electrons. The lowest BCUT2D eigenvalue weighted by atomic mass is 9.71. The standard InChI is InChI=1S/2C21H31N3O4/c1-19(2,3)8-13-7-15-16(23-18(25)28-20(4,5)6)11-21(9-14(10-21)24-26)27-17(15)22-12-13;1-19(2,3)8-13-7-14-15(24-18(26)28-20(4,5)6)9-21(10-16(25)23-12-21)27-17(14)22-11-13/h7,12,16,26H,8-11H2,1-6H3,(H,23,25);7,11,15H,8-10,12H2,1-6H3,(H,23,25)(H,24,26)/t16-,21?;15-,21?/m00/s1. The molecule has 3 aliphatic heterocycles. The van der Waals surface area contributed by atoms with Gasteiger partial charge < -0.3 is 40.1 Å². The second-order valence-corrected chi connectivity index (χ2v) is 20.3. The molecule has 1 saturated carbocycles. The van der Waals surface area contributed by atoms with Crippen LogP contribution in [0.15, 0.2) is 29.7 Å². The molecule has 14 heteroatoms. The highest BCUT2D eigenvalue weighted by Gasteiger charge is 2.51. The first-order chi connectivity index (χ1) is 25.7. The Morgan fingerprint density at radius 3 is 1.57 bits per heavy atom. The van der Waals surface area contributed by atoms with Crippen LogP contribution in [0.1, 0.15) is 150 Å². The van der Waals surface area contributed by atoms with E-state index in [2.05, 4.69) is 78.7 Å². The molecule has 56 heavy (non-hydrogen) atoms. The maximum absolute atomic E-state index is 12.4. The van der Waals surface area contributed by atoms with E-state index in [0.717, 1.165) is 35.1 Å². The summed E-state index contributed by atoms with van der Waals surface area (Å²) in [4.78, 5) is 45.8. The molecule has 6 rings (SSSR count). The fourth-order valence-electron chi connectivity index (χ4n) is 7.61. The second-order valence-electron chi connectivity index (χ2n) is 20.3. The number of alkyl carbamates (subject to hydrolysis) is 2. The van der Waals surface area contributed by atoms with Crippen molar-refractivity contribution in [2.24, 2.45) is 16.0 Å². The molecule has 2 spiro atoms. The molecule has 3 amide bonds. The van der Waals surface area contributed by atoms with Crippen molar-refractivity contribution < 1.29 is 38.5 Å². The highest BCUT2D eigenvalue weighted by molar-refractivity contribution is 5.92. The summed E-state index contributed by atoms with van der Waals surface area (Å²) in [6, 6.07) is 3.51. The molecule has 5 heterocycles. The van der Waals surface area contributed by atoms with Crippen molar-refractivity contribution in [1.29, 1.82) is 0 Å². The van der Waals surface area contributed by atoms with Gasteiger partial charge in [0.25, 0.3) is 0 Å². The molecule has 3 atom stereocenters. The average molecular weight is 779 g/mol. The Morgan fingerprint density at radius 1 is 0.768 bits per heavy atom. The van der Waals surface area contributed by atoms with Crippen molar-refractivity contribution in [3.05, 3.63) is 46.8 Å². The second kappa shape index (κ2) is 15.4. The number of aromatic nitrogens is 2. The van der Waals surface area contributed by atoms with Gasteiger partial charge in [-0.1, -0.05) is 46.7 Å². The monoisotopic (exact) mass is 778 g/mol. The zero-order chi connectivity index (χ0) is 41.5. The number of rotatable bonds is 4. The van der Waals surface area contributed by atoms with Crippen LogP contribution >= 0.6 is 0 Å². The number of carbonyl (C=O) groups is 3. The van der Waals surface area contributed by atoms with Crippen molar-refractivity contribution in [3.8, 4) is 11.8 Å². The van der Waals surface area contributed by atoms with Crippen LogP contribution in [0, 0.1) is 10.8 Å². The summed E-state index contributed by atoms with van der Waals surface area (Å²) in [5.74, 6) is 0.951. The van der Waals surface area contributed by atoms with Crippen molar-refractivity contribution in [3.63, 3.8) is 0 Å². The van der Waals surface area contributed by atoms with Crippen LogP contribution in [-0.4, -0.2) is 67.9 Å². The number of fused-ring (bicyclic) bond motifs is 2. The van der Waals surface area contributed by atoms with Gasteiger partial charge in [0.2, 0.25) is 17.7 Å². The van der Waals surface area contributed by atoms with Crippen molar-refractivity contribution in [2.75, 3.05) is 6.54 Å². The number of ether oxygens (including phenoxy) is 4. The number of nitrogens with one attached hydrogen (secondary N) is 3. The van der Waals surface area contributed by atoms with Crippen molar-refractivity contribution in [1.82, 2.24) is 25.9 Å². The number of hydrogen-bond donors (Lipinski definition) is 4. The Balaban J connectivity index is 0.000000214. The summed E-state index contributed by atoms with van der Waals surface area (Å²) in [5, 5.41) is 21.1. The third kappa shape index (κ3) is 11.5. The van der Waals surface area contributed by atoms with Gasteiger partial charge in [-0.15, -0.1) is 0 Å². The van der Waals surface area contributed by atoms with E-state index in [1.54, 1.807) is 0 Å². The number of pyridine rings is 2. The van der Waals surface area contributed by atoms with Gasteiger partial charge in [-0.3, -0.25) is 4.79 Å². The zero-order valence-electron chi connectivity index (χ0n) is 35.3. The molecule has 14 nitrogen and oxygen atoms in total. The lowest BCUT2D eigenvalue weighted by Gasteiger charge is -2.47. The van der Waals surface area contributed by atoms with E-state index in [1.807, 2.05) is 60.0 Å². The Kier molecular flexibility index (Phi) is 11.7. The Bertz CT molecular complexity index is 1830. The average Bonchev–Trinajstić information content (AvgIpc) is 3.35. The minimum absolute atomic E-state index is 0.0520. The van der Waals surface area contributed by atoms with Crippen LogP contribution in [0.25, 0.3) is 0 Å². The third-order valence-corrected chi connectivity index (χ3v) is 9.54.